The number of rotatable bonds is 6. The van der Waals surface area contributed by atoms with Gasteiger partial charge in [-0.15, -0.1) is 0 Å². The van der Waals surface area contributed by atoms with Crippen LogP contribution in [0, 0.1) is 11.8 Å². The average Bonchev–Trinajstić information content (AvgIpc) is 3.31. The van der Waals surface area contributed by atoms with Crippen molar-refractivity contribution < 1.29 is 0 Å². The average molecular weight is 467 g/mol. The van der Waals surface area contributed by atoms with Crippen LogP contribution in [0.15, 0.2) is 24.3 Å². The maximum Gasteiger partial charge on any atom is 0.0525 e. The van der Waals surface area contributed by atoms with Gasteiger partial charge in [0.05, 0.1) is 32.3 Å². The van der Waals surface area contributed by atoms with E-state index < -0.39 is 32.3 Å². The minimum absolute atomic E-state index is 0.650. The highest BCUT2D eigenvalue weighted by molar-refractivity contribution is 6.97. The van der Waals surface area contributed by atoms with Crippen molar-refractivity contribution in [2.45, 2.75) is 110 Å². The first-order chi connectivity index (χ1) is 13.4. The molecule has 162 valence electrons. The summed E-state index contributed by atoms with van der Waals surface area (Å²) in [5.74, 6) is 2.17. The molecule has 0 radical (unpaired) electrons. The third-order valence-corrected chi connectivity index (χ3v) is 26.5. The van der Waals surface area contributed by atoms with Gasteiger partial charge in [-0.25, -0.2) is 0 Å². The van der Waals surface area contributed by atoms with Gasteiger partial charge in [0, 0.05) is 10.8 Å². The normalized spacial score (nSPS) is 55.5. The summed E-state index contributed by atoms with van der Waals surface area (Å²) in [5.41, 5.74) is 4.82. The van der Waals surface area contributed by atoms with Crippen molar-refractivity contribution in [1.82, 2.24) is 0 Å². The fourth-order valence-corrected chi connectivity index (χ4v) is 34.5. The van der Waals surface area contributed by atoms with Crippen molar-refractivity contribution in [3.05, 3.63) is 35.4 Å². The predicted molar refractivity (Wildman–Crippen MR) is 141 cm³/mol. The monoisotopic (exact) mass is 466 g/mol. The summed E-state index contributed by atoms with van der Waals surface area (Å²) in [5, 5.41) is 3.18. The van der Waals surface area contributed by atoms with Crippen LogP contribution >= 0.6 is 0 Å². The Kier molecular flexibility index (Phi) is 2.58. The summed E-state index contributed by atoms with van der Waals surface area (Å²) >= 11 is 0. The summed E-state index contributed by atoms with van der Waals surface area (Å²) in [7, 11) is -4.51. The molecule has 4 atom stereocenters. The molecule has 1 aromatic rings. The molecule has 0 nitrogen and oxygen atoms in total. The SMILES string of the molecule is C[Si](C)(C)C12C3C1(c1ccc(C45C6C4([Si](C)(C)C)C65[Si](C)(C)C)cc1)C32[Si](C)(C)C. The van der Waals surface area contributed by atoms with Gasteiger partial charge < -0.3 is 0 Å². The standard InChI is InChI=1S/C26H42Si4/c1-27(2,3)23-19-21(23,24(19,23)28(4,5)6)17-13-15-18(16-14-17)22-20-25(22,29(7,8)9)26(20,22)30(10,11)12/h13-16,19-20H,1-12H3. The molecule has 0 aromatic heterocycles. The Balaban J connectivity index is 1.26. The lowest BCUT2D eigenvalue weighted by Gasteiger charge is -2.20. The van der Waals surface area contributed by atoms with Crippen LogP contribution in [-0.4, -0.2) is 32.3 Å². The molecule has 0 N–H and O–H groups in total. The molecule has 0 bridgehead atoms. The number of hydrogen-bond acceptors (Lipinski definition) is 0. The van der Waals surface area contributed by atoms with E-state index in [0.717, 1.165) is 32.0 Å². The van der Waals surface area contributed by atoms with Crippen LogP contribution in [0.5, 0.6) is 0 Å². The maximum atomic E-state index is 2.67. The Hall–Kier alpha value is 0.0875. The third kappa shape index (κ3) is 1.18. The van der Waals surface area contributed by atoms with Gasteiger partial charge >= 0.3 is 0 Å². The molecule has 4 heteroatoms. The van der Waals surface area contributed by atoms with E-state index in [1.54, 1.807) is 11.1 Å². The quantitative estimate of drug-likeness (QED) is 0.375. The minimum atomic E-state index is -1.13. The second-order valence-corrected chi connectivity index (χ2v) is 37.4. The van der Waals surface area contributed by atoms with Crippen molar-refractivity contribution >= 4 is 32.3 Å². The van der Waals surface area contributed by atoms with E-state index >= 15 is 0 Å². The van der Waals surface area contributed by atoms with Crippen LogP contribution in [-0.2, 0) is 10.8 Å². The molecule has 1 aromatic carbocycles. The lowest BCUT2D eigenvalue weighted by atomic mass is 10.0. The van der Waals surface area contributed by atoms with Gasteiger partial charge in [-0.3, -0.25) is 0 Å². The van der Waals surface area contributed by atoms with Crippen LogP contribution in [0.4, 0.5) is 0 Å². The largest absolute Gasteiger partial charge is 0.0691 e. The minimum Gasteiger partial charge on any atom is -0.0691 e. The van der Waals surface area contributed by atoms with Crippen molar-refractivity contribution in [2.75, 3.05) is 0 Å². The Morgan fingerprint density at radius 1 is 0.433 bits per heavy atom. The van der Waals surface area contributed by atoms with Crippen LogP contribution in [0.3, 0.4) is 0 Å². The van der Waals surface area contributed by atoms with Gasteiger partial charge in [0.25, 0.3) is 0 Å². The van der Waals surface area contributed by atoms with E-state index in [1.165, 1.54) is 0 Å². The lowest BCUT2D eigenvalue weighted by molar-refractivity contribution is 1.04. The van der Waals surface area contributed by atoms with Crippen molar-refractivity contribution in [1.29, 1.82) is 0 Å². The molecular weight excluding hydrogens is 425 g/mol. The predicted octanol–water partition coefficient (Wildman–Crippen LogP) is 7.79. The van der Waals surface area contributed by atoms with Crippen molar-refractivity contribution in [3.63, 3.8) is 0 Å². The highest BCUT2D eigenvalue weighted by atomic mass is 28.3. The fourth-order valence-electron chi connectivity index (χ4n) is 12.4. The number of benzene rings is 1. The van der Waals surface area contributed by atoms with E-state index in [0.29, 0.717) is 10.8 Å². The summed E-state index contributed by atoms with van der Waals surface area (Å²) in [6, 6.07) is 10.6. The van der Waals surface area contributed by atoms with Gasteiger partial charge in [0.15, 0.2) is 0 Å². The molecule has 9 rings (SSSR count). The summed E-state index contributed by atoms with van der Waals surface area (Å²) in [6.45, 7) is 32.0. The van der Waals surface area contributed by atoms with Crippen LogP contribution < -0.4 is 0 Å². The van der Waals surface area contributed by atoms with Crippen molar-refractivity contribution in [3.8, 4) is 0 Å². The molecule has 4 unspecified atom stereocenters. The summed E-state index contributed by atoms with van der Waals surface area (Å²) < 4.78 is 0. The first-order valence-electron chi connectivity index (χ1n) is 12.6. The van der Waals surface area contributed by atoms with Gasteiger partial charge in [0.1, 0.15) is 0 Å². The van der Waals surface area contributed by atoms with E-state index in [2.05, 4.69) is 103 Å². The highest BCUT2D eigenvalue weighted by Crippen LogP contribution is 3.38. The molecular formula is C26H42Si4. The fraction of sp³-hybridized carbons (Fsp3) is 0.769. The molecule has 30 heavy (non-hydrogen) atoms. The first-order valence-corrected chi connectivity index (χ1v) is 26.6. The van der Waals surface area contributed by atoms with Gasteiger partial charge in [-0.1, -0.05) is 103 Å². The highest BCUT2D eigenvalue weighted by Gasteiger charge is 3.31. The van der Waals surface area contributed by atoms with Crippen LogP contribution in [0.25, 0.3) is 0 Å². The molecule has 0 amide bonds. The summed E-state index contributed by atoms with van der Waals surface area (Å²) in [4.78, 5) is 0. The summed E-state index contributed by atoms with van der Waals surface area (Å²) in [6.07, 6.45) is 0. The second-order valence-electron chi connectivity index (χ2n) is 16.3. The topological polar surface area (TPSA) is 0 Å². The first kappa shape index (κ1) is 19.5. The molecule has 0 saturated heterocycles. The Bertz CT molecular complexity index is 931. The third-order valence-electron chi connectivity index (χ3n) is 12.2. The molecule has 8 aliphatic rings. The van der Waals surface area contributed by atoms with Crippen molar-refractivity contribution in [2.24, 2.45) is 11.8 Å². The zero-order valence-corrected chi connectivity index (χ0v) is 25.5. The zero-order valence-electron chi connectivity index (χ0n) is 21.5. The van der Waals surface area contributed by atoms with E-state index in [-0.39, 0.29) is 0 Å². The number of hydrogen-bond donors (Lipinski definition) is 0. The molecule has 0 spiro atoms. The smallest absolute Gasteiger partial charge is 0.0525 e. The van der Waals surface area contributed by atoms with Crippen LogP contribution in [0.2, 0.25) is 98.7 Å². The second kappa shape index (κ2) is 3.96. The van der Waals surface area contributed by atoms with Gasteiger partial charge in [0.2, 0.25) is 0 Å². The molecule has 0 aliphatic heterocycles. The van der Waals surface area contributed by atoms with Gasteiger partial charge in [-0.05, 0) is 43.1 Å². The Morgan fingerprint density at radius 2 is 0.633 bits per heavy atom. The molecule has 8 saturated carbocycles. The molecule has 0 heterocycles. The van der Waals surface area contributed by atoms with E-state index in [9.17, 15) is 0 Å². The Morgan fingerprint density at radius 3 is 0.767 bits per heavy atom. The Labute approximate surface area is 188 Å². The van der Waals surface area contributed by atoms with E-state index in [4.69, 9.17) is 0 Å². The van der Waals surface area contributed by atoms with Crippen LogP contribution in [0.1, 0.15) is 11.1 Å². The molecule has 8 fully saturated rings. The lowest BCUT2D eigenvalue weighted by Crippen LogP contribution is -2.26. The maximum absolute atomic E-state index is 2.67. The van der Waals surface area contributed by atoms with E-state index in [1.807, 2.05) is 0 Å². The zero-order chi connectivity index (χ0) is 22.1. The van der Waals surface area contributed by atoms with Gasteiger partial charge in [-0.2, -0.15) is 0 Å². The molecule has 8 aliphatic carbocycles.